The molecule has 0 amide bonds. The van der Waals surface area contributed by atoms with E-state index in [1.54, 1.807) is 0 Å². The Morgan fingerprint density at radius 1 is 1.62 bits per heavy atom. The van der Waals surface area contributed by atoms with Gasteiger partial charge in [0, 0.05) is 6.07 Å². The van der Waals surface area contributed by atoms with Crippen LogP contribution in [0.2, 0.25) is 0 Å². The highest BCUT2D eigenvalue weighted by Crippen LogP contribution is 2.23. The van der Waals surface area contributed by atoms with E-state index < -0.39 is 17.2 Å². The lowest BCUT2D eigenvalue weighted by molar-refractivity contribution is -0.389. The fraction of sp³-hybridized carbons (Fsp3) is 0.286. The van der Waals surface area contributed by atoms with Gasteiger partial charge in [-0.1, -0.05) is 0 Å². The first-order chi connectivity index (χ1) is 6.02. The average molecular weight is 188 g/mol. The molecule has 0 N–H and O–H groups in total. The number of halogens is 2. The summed E-state index contributed by atoms with van der Waals surface area (Å²) < 4.78 is 24.3. The van der Waals surface area contributed by atoms with Crippen molar-refractivity contribution in [3.8, 4) is 0 Å². The van der Waals surface area contributed by atoms with Crippen molar-refractivity contribution >= 4 is 5.82 Å². The number of aryl methyl sites for hydroxylation is 1. The number of aromatic nitrogens is 1. The molecule has 1 aromatic heterocycles. The molecule has 0 bridgehead atoms. The zero-order valence-corrected chi connectivity index (χ0v) is 6.70. The normalized spacial score (nSPS) is 10.5. The van der Waals surface area contributed by atoms with Gasteiger partial charge >= 0.3 is 5.82 Å². The molecule has 70 valence electrons. The Bertz CT molecular complexity index is 341. The van der Waals surface area contributed by atoms with Crippen molar-refractivity contribution in [3.05, 3.63) is 33.5 Å². The Labute approximate surface area is 72.4 Å². The van der Waals surface area contributed by atoms with Crippen LogP contribution in [0, 0.1) is 17.0 Å². The van der Waals surface area contributed by atoms with E-state index in [9.17, 15) is 18.9 Å². The maximum atomic E-state index is 12.2. The molecular formula is C7H6F2N2O2. The average Bonchev–Trinajstić information content (AvgIpc) is 2.03. The van der Waals surface area contributed by atoms with Crippen molar-refractivity contribution in [2.75, 3.05) is 0 Å². The molecule has 0 fully saturated rings. The molecule has 4 nitrogen and oxygen atoms in total. The van der Waals surface area contributed by atoms with Crippen LogP contribution in [-0.2, 0) is 0 Å². The van der Waals surface area contributed by atoms with E-state index in [0.717, 1.165) is 12.3 Å². The molecule has 6 heteroatoms. The maximum Gasteiger partial charge on any atom is 0.363 e. The summed E-state index contributed by atoms with van der Waals surface area (Å²) in [5, 5.41) is 10.2. The van der Waals surface area contributed by atoms with Crippen molar-refractivity contribution in [2.45, 2.75) is 13.3 Å². The molecular weight excluding hydrogens is 182 g/mol. The number of alkyl halides is 2. The summed E-state index contributed by atoms with van der Waals surface area (Å²) in [7, 11) is 0. The van der Waals surface area contributed by atoms with Crippen molar-refractivity contribution in [2.24, 2.45) is 0 Å². The zero-order valence-electron chi connectivity index (χ0n) is 6.70. The summed E-state index contributed by atoms with van der Waals surface area (Å²) in [4.78, 5) is 12.8. The molecule has 0 radical (unpaired) electrons. The molecule has 0 saturated heterocycles. The van der Waals surface area contributed by atoms with Crippen LogP contribution in [0.5, 0.6) is 0 Å². The molecule has 0 unspecified atom stereocenters. The quantitative estimate of drug-likeness (QED) is 0.528. The summed E-state index contributed by atoms with van der Waals surface area (Å²) in [6.45, 7) is 1.39. The van der Waals surface area contributed by atoms with Crippen LogP contribution in [-0.4, -0.2) is 9.91 Å². The van der Waals surface area contributed by atoms with E-state index in [4.69, 9.17) is 0 Å². The first-order valence-electron chi connectivity index (χ1n) is 3.41. The van der Waals surface area contributed by atoms with E-state index in [2.05, 4.69) is 4.98 Å². The summed E-state index contributed by atoms with van der Waals surface area (Å²) in [6, 6.07) is 1.03. The van der Waals surface area contributed by atoms with Gasteiger partial charge in [0.2, 0.25) is 0 Å². The number of nitrogens with zero attached hydrogens (tertiary/aromatic N) is 2. The first kappa shape index (κ1) is 9.50. The van der Waals surface area contributed by atoms with E-state index in [1.807, 2.05) is 0 Å². The van der Waals surface area contributed by atoms with E-state index in [0.29, 0.717) is 0 Å². The van der Waals surface area contributed by atoms with Gasteiger partial charge in [-0.2, -0.15) is 0 Å². The number of nitro groups is 1. The second-order valence-electron chi connectivity index (χ2n) is 2.46. The van der Waals surface area contributed by atoms with Gasteiger partial charge in [0.25, 0.3) is 6.43 Å². The van der Waals surface area contributed by atoms with Gasteiger partial charge in [-0.25, -0.2) is 8.78 Å². The molecule has 0 aliphatic heterocycles. The van der Waals surface area contributed by atoms with E-state index >= 15 is 0 Å². The lowest BCUT2D eigenvalue weighted by Gasteiger charge is -2.00. The van der Waals surface area contributed by atoms with Crippen molar-refractivity contribution in [1.82, 2.24) is 4.98 Å². The SMILES string of the molecule is Cc1cc([N+](=O)[O-])ncc1C(F)F. The highest BCUT2D eigenvalue weighted by atomic mass is 19.3. The predicted molar refractivity (Wildman–Crippen MR) is 40.6 cm³/mol. The number of hydrogen-bond acceptors (Lipinski definition) is 3. The smallest absolute Gasteiger partial charge is 0.358 e. The summed E-state index contributed by atoms with van der Waals surface area (Å²) >= 11 is 0. The van der Waals surface area contributed by atoms with Crippen LogP contribution in [0.25, 0.3) is 0 Å². The third-order valence-corrected chi connectivity index (χ3v) is 1.56. The van der Waals surface area contributed by atoms with Crippen LogP contribution in [0.3, 0.4) is 0 Å². The molecule has 0 spiro atoms. The molecule has 0 aliphatic carbocycles. The fourth-order valence-corrected chi connectivity index (χ4v) is 0.880. The Kier molecular flexibility index (Phi) is 2.50. The summed E-state index contributed by atoms with van der Waals surface area (Å²) in [6.07, 6.45) is -1.81. The number of rotatable bonds is 2. The summed E-state index contributed by atoms with van der Waals surface area (Å²) in [5.41, 5.74) is -0.0951. The van der Waals surface area contributed by atoms with E-state index in [1.165, 1.54) is 6.92 Å². The largest absolute Gasteiger partial charge is 0.363 e. The Balaban J connectivity index is 3.13. The number of hydrogen-bond donors (Lipinski definition) is 0. The van der Waals surface area contributed by atoms with Crippen LogP contribution in [0.15, 0.2) is 12.3 Å². The second-order valence-corrected chi connectivity index (χ2v) is 2.46. The van der Waals surface area contributed by atoms with E-state index in [-0.39, 0.29) is 11.1 Å². The van der Waals surface area contributed by atoms with Crippen molar-refractivity contribution in [1.29, 1.82) is 0 Å². The van der Waals surface area contributed by atoms with Crippen molar-refractivity contribution in [3.63, 3.8) is 0 Å². The van der Waals surface area contributed by atoms with Gasteiger partial charge in [-0.3, -0.25) is 0 Å². The van der Waals surface area contributed by atoms with Gasteiger partial charge in [-0.15, -0.1) is 0 Å². The minimum atomic E-state index is -2.65. The molecule has 1 aromatic rings. The lowest BCUT2D eigenvalue weighted by atomic mass is 10.2. The van der Waals surface area contributed by atoms with Gasteiger partial charge in [0.15, 0.2) is 0 Å². The third-order valence-electron chi connectivity index (χ3n) is 1.56. The molecule has 0 atom stereocenters. The summed E-state index contributed by atoms with van der Waals surface area (Å²) in [5.74, 6) is -0.415. The maximum absolute atomic E-state index is 12.2. The van der Waals surface area contributed by atoms with Gasteiger partial charge in [0.1, 0.15) is 6.20 Å². The fourth-order valence-electron chi connectivity index (χ4n) is 0.880. The van der Waals surface area contributed by atoms with Crippen molar-refractivity contribution < 1.29 is 13.7 Å². The van der Waals surface area contributed by atoms with Crippen LogP contribution in [0.1, 0.15) is 17.6 Å². The van der Waals surface area contributed by atoms with Gasteiger partial charge < -0.3 is 10.1 Å². The molecule has 1 heterocycles. The van der Waals surface area contributed by atoms with Gasteiger partial charge in [0.05, 0.1) is 5.56 Å². The molecule has 0 saturated carbocycles. The Morgan fingerprint density at radius 2 is 2.23 bits per heavy atom. The minimum absolute atomic E-state index is 0.178. The third kappa shape index (κ3) is 1.95. The highest BCUT2D eigenvalue weighted by molar-refractivity contribution is 5.32. The molecule has 1 rings (SSSR count). The Morgan fingerprint density at radius 3 is 2.62 bits per heavy atom. The monoisotopic (exact) mass is 188 g/mol. The topological polar surface area (TPSA) is 56.0 Å². The highest BCUT2D eigenvalue weighted by Gasteiger charge is 2.16. The standard InChI is InChI=1S/C7H6F2N2O2/c1-4-2-6(11(12)13)10-3-5(4)7(8)9/h2-3,7H,1H3. The second kappa shape index (κ2) is 3.42. The van der Waals surface area contributed by atoms with Crippen LogP contribution in [0.4, 0.5) is 14.6 Å². The predicted octanol–water partition coefficient (Wildman–Crippen LogP) is 2.24. The van der Waals surface area contributed by atoms with Gasteiger partial charge in [-0.05, 0) is 22.4 Å². The molecule has 13 heavy (non-hydrogen) atoms. The zero-order chi connectivity index (χ0) is 10.0. The lowest BCUT2D eigenvalue weighted by Crippen LogP contribution is -1.96. The first-order valence-corrected chi connectivity index (χ1v) is 3.41. The number of pyridine rings is 1. The molecule has 0 aliphatic rings. The van der Waals surface area contributed by atoms with Crippen LogP contribution < -0.4 is 0 Å². The molecule has 0 aromatic carbocycles. The minimum Gasteiger partial charge on any atom is -0.358 e. The Hall–Kier alpha value is -1.59. The van der Waals surface area contributed by atoms with Crippen LogP contribution >= 0.6 is 0 Å².